The molecule has 1 unspecified atom stereocenters. The van der Waals surface area contributed by atoms with Gasteiger partial charge in [0.25, 0.3) is 5.91 Å². The zero-order valence-corrected chi connectivity index (χ0v) is 14.6. The van der Waals surface area contributed by atoms with E-state index in [4.69, 9.17) is 16.3 Å². The second-order valence-electron chi connectivity index (χ2n) is 6.03. The van der Waals surface area contributed by atoms with Crippen LogP contribution in [0.3, 0.4) is 0 Å². The van der Waals surface area contributed by atoms with Crippen LogP contribution in [0.2, 0.25) is 0 Å². The SMILES string of the molecule is C=C(C)CN1C(=O)C(c2ccccc2)Oc2ccc(C(=O)CCl)cc21. The van der Waals surface area contributed by atoms with Crippen LogP contribution in [0.25, 0.3) is 0 Å². The van der Waals surface area contributed by atoms with E-state index < -0.39 is 6.10 Å². The Morgan fingerprint density at radius 1 is 1.24 bits per heavy atom. The highest BCUT2D eigenvalue weighted by atomic mass is 35.5. The summed E-state index contributed by atoms with van der Waals surface area (Å²) in [6, 6.07) is 14.4. The predicted molar refractivity (Wildman–Crippen MR) is 98.5 cm³/mol. The summed E-state index contributed by atoms with van der Waals surface area (Å²) in [7, 11) is 0. The van der Waals surface area contributed by atoms with E-state index in [1.165, 1.54) is 0 Å². The third-order valence-corrected chi connectivity index (χ3v) is 4.20. The highest BCUT2D eigenvalue weighted by Crippen LogP contribution is 2.39. The number of Topliss-reactive ketones (excluding diaryl/α,β-unsaturated/α-hetero) is 1. The minimum atomic E-state index is -0.720. The Bertz CT molecular complexity index is 832. The van der Waals surface area contributed by atoms with Crippen molar-refractivity contribution in [2.75, 3.05) is 17.3 Å². The quantitative estimate of drug-likeness (QED) is 0.460. The van der Waals surface area contributed by atoms with Gasteiger partial charge in [-0.1, -0.05) is 42.5 Å². The molecule has 2 aromatic carbocycles. The van der Waals surface area contributed by atoms with Crippen molar-refractivity contribution in [2.24, 2.45) is 0 Å². The second kappa shape index (κ2) is 7.11. The molecule has 1 aliphatic rings. The molecule has 1 atom stereocenters. The van der Waals surface area contributed by atoms with Crippen molar-refractivity contribution in [3.8, 4) is 5.75 Å². The van der Waals surface area contributed by atoms with Crippen LogP contribution < -0.4 is 9.64 Å². The van der Waals surface area contributed by atoms with E-state index in [0.717, 1.165) is 11.1 Å². The van der Waals surface area contributed by atoms with Crippen LogP contribution in [-0.2, 0) is 4.79 Å². The van der Waals surface area contributed by atoms with E-state index in [2.05, 4.69) is 6.58 Å². The number of benzene rings is 2. The fourth-order valence-electron chi connectivity index (χ4n) is 2.79. The topological polar surface area (TPSA) is 46.6 Å². The Kier molecular flexibility index (Phi) is 4.91. The molecule has 25 heavy (non-hydrogen) atoms. The molecule has 0 fully saturated rings. The Labute approximate surface area is 151 Å². The molecule has 0 saturated heterocycles. The molecule has 1 amide bonds. The predicted octanol–water partition coefficient (Wildman–Crippen LogP) is 4.15. The van der Waals surface area contributed by atoms with Gasteiger partial charge in [-0.05, 0) is 25.1 Å². The molecule has 1 heterocycles. The molecule has 0 N–H and O–H groups in total. The summed E-state index contributed by atoms with van der Waals surface area (Å²) in [5, 5.41) is 0. The van der Waals surface area contributed by atoms with Crippen molar-refractivity contribution in [3.63, 3.8) is 0 Å². The van der Waals surface area contributed by atoms with Crippen LogP contribution >= 0.6 is 11.6 Å². The third kappa shape index (κ3) is 3.44. The maximum atomic E-state index is 13.0. The summed E-state index contributed by atoms with van der Waals surface area (Å²) in [5.41, 5.74) is 2.64. The van der Waals surface area contributed by atoms with E-state index in [1.54, 1.807) is 23.1 Å². The number of ketones is 1. The smallest absolute Gasteiger partial charge is 0.273 e. The molecule has 2 aromatic rings. The largest absolute Gasteiger partial charge is 0.474 e. The van der Waals surface area contributed by atoms with Crippen LogP contribution in [0.1, 0.15) is 28.9 Å². The summed E-state index contributed by atoms with van der Waals surface area (Å²) in [6.07, 6.45) is -0.720. The maximum Gasteiger partial charge on any atom is 0.273 e. The van der Waals surface area contributed by atoms with Crippen LogP contribution in [0.15, 0.2) is 60.7 Å². The normalized spacial score (nSPS) is 16.2. The molecule has 0 spiro atoms. The molecular weight excluding hydrogens is 338 g/mol. The summed E-state index contributed by atoms with van der Waals surface area (Å²) in [6.45, 7) is 6.12. The van der Waals surface area contributed by atoms with Crippen molar-refractivity contribution < 1.29 is 14.3 Å². The number of rotatable bonds is 5. The van der Waals surface area contributed by atoms with Gasteiger partial charge in [0.15, 0.2) is 5.78 Å². The van der Waals surface area contributed by atoms with Crippen molar-refractivity contribution in [1.82, 2.24) is 0 Å². The first kappa shape index (κ1) is 17.2. The molecule has 5 heteroatoms. The van der Waals surface area contributed by atoms with E-state index in [-0.39, 0.29) is 17.6 Å². The Hall–Kier alpha value is -2.59. The highest BCUT2D eigenvalue weighted by molar-refractivity contribution is 6.30. The second-order valence-corrected chi connectivity index (χ2v) is 6.30. The molecule has 3 rings (SSSR count). The maximum absolute atomic E-state index is 13.0. The number of amides is 1. The van der Waals surface area contributed by atoms with Gasteiger partial charge < -0.3 is 9.64 Å². The van der Waals surface area contributed by atoms with Gasteiger partial charge in [-0.3, -0.25) is 9.59 Å². The van der Waals surface area contributed by atoms with Crippen molar-refractivity contribution in [1.29, 1.82) is 0 Å². The molecule has 128 valence electrons. The number of halogens is 1. The Morgan fingerprint density at radius 3 is 2.60 bits per heavy atom. The molecule has 0 saturated carbocycles. The average Bonchev–Trinajstić information content (AvgIpc) is 2.63. The van der Waals surface area contributed by atoms with Gasteiger partial charge in [0.1, 0.15) is 5.75 Å². The summed E-state index contributed by atoms with van der Waals surface area (Å²) in [4.78, 5) is 26.5. The number of hydrogen-bond acceptors (Lipinski definition) is 3. The number of anilines is 1. The average molecular weight is 356 g/mol. The van der Waals surface area contributed by atoms with E-state index >= 15 is 0 Å². The number of alkyl halides is 1. The minimum Gasteiger partial charge on any atom is -0.474 e. The van der Waals surface area contributed by atoms with Gasteiger partial charge in [0.05, 0.1) is 11.6 Å². The molecule has 0 bridgehead atoms. The van der Waals surface area contributed by atoms with Crippen LogP contribution in [-0.4, -0.2) is 24.1 Å². The first-order chi connectivity index (χ1) is 12.0. The first-order valence-electron chi connectivity index (χ1n) is 7.92. The van der Waals surface area contributed by atoms with E-state index in [9.17, 15) is 9.59 Å². The van der Waals surface area contributed by atoms with Gasteiger partial charge in [-0.25, -0.2) is 0 Å². The van der Waals surface area contributed by atoms with E-state index in [0.29, 0.717) is 23.5 Å². The fraction of sp³-hybridized carbons (Fsp3) is 0.200. The van der Waals surface area contributed by atoms with Gasteiger partial charge in [0.2, 0.25) is 6.10 Å². The molecular formula is C20H18ClNO3. The van der Waals surface area contributed by atoms with Crippen LogP contribution in [0.5, 0.6) is 5.75 Å². The number of nitrogens with zero attached hydrogens (tertiary/aromatic N) is 1. The monoisotopic (exact) mass is 355 g/mol. The van der Waals surface area contributed by atoms with Gasteiger partial charge in [-0.15, -0.1) is 11.6 Å². The fourth-order valence-corrected chi connectivity index (χ4v) is 2.94. The third-order valence-electron chi connectivity index (χ3n) is 3.96. The highest BCUT2D eigenvalue weighted by Gasteiger charge is 2.35. The van der Waals surface area contributed by atoms with Crippen LogP contribution in [0.4, 0.5) is 5.69 Å². The summed E-state index contributed by atoms with van der Waals surface area (Å²) >= 11 is 5.65. The molecule has 1 aliphatic heterocycles. The number of fused-ring (bicyclic) bond motifs is 1. The Morgan fingerprint density at radius 2 is 1.96 bits per heavy atom. The number of carbonyl (C=O) groups is 2. The zero-order valence-electron chi connectivity index (χ0n) is 13.9. The molecule has 4 nitrogen and oxygen atoms in total. The van der Waals surface area contributed by atoms with Gasteiger partial charge >= 0.3 is 0 Å². The van der Waals surface area contributed by atoms with Crippen molar-refractivity contribution in [3.05, 3.63) is 71.8 Å². The number of ether oxygens (including phenoxy) is 1. The van der Waals surface area contributed by atoms with Gasteiger partial charge in [0, 0.05) is 17.7 Å². The molecule has 0 radical (unpaired) electrons. The lowest BCUT2D eigenvalue weighted by molar-refractivity contribution is -0.126. The number of carbonyl (C=O) groups excluding carboxylic acids is 2. The van der Waals surface area contributed by atoms with E-state index in [1.807, 2.05) is 37.3 Å². The summed E-state index contributed by atoms with van der Waals surface area (Å²) < 4.78 is 5.95. The lowest BCUT2D eigenvalue weighted by atomic mass is 10.0. The lowest BCUT2D eigenvalue weighted by Gasteiger charge is -2.35. The lowest BCUT2D eigenvalue weighted by Crippen LogP contribution is -2.42. The van der Waals surface area contributed by atoms with Crippen molar-refractivity contribution >= 4 is 29.0 Å². The Balaban J connectivity index is 2.07. The first-order valence-corrected chi connectivity index (χ1v) is 8.45. The number of hydrogen-bond donors (Lipinski definition) is 0. The van der Waals surface area contributed by atoms with Crippen LogP contribution in [0, 0.1) is 0 Å². The zero-order chi connectivity index (χ0) is 18.0. The molecule has 0 aromatic heterocycles. The standard InChI is InChI=1S/C20H18ClNO3/c1-13(2)12-22-16-10-15(17(23)11-21)8-9-18(16)25-19(20(22)24)14-6-4-3-5-7-14/h3-10,19H,1,11-12H2,2H3. The minimum absolute atomic E-state index is 0.110. The van der Waals surface area contributed by atoms with Gasteiger partial charge in [-0.2, -0.15) is 0 Å². The molecule has 0 aliphatic carbocycles. The van der Waals surface area contributed by atoms with Crippen molar-refractivity contribution in [2.45, 2.75) is 13.0 Å². The summed E-state index contributed by atoms with van der Waals surface area (Å²) in [5.74, 6) is 0.0659.